The number of anilines is 2. The molecule has 34 heavy (non-hydrogen) atoms. The van der Waals surface area contributed by atoms with E-state index in [4.69, 9.17) is 4.98 Å². The van der Waals surface area contributed by atoms with Crippen molar-refractivity contribution in [3.8, 4) is 11.3 Å². The van der Waals surface area contributed by atoms with Gasteiger partial charge in [-0.1, -0.05) is 30.3 Å². The van der Waals surface area contributed by atoms with E-state index in [1.165, 1.54) is 12.8 Å². The van der Waals surface area contributed by atoms with Crippen molar-refractivity contribution in [3.05, 3.63) is 83.6 Å². The number of nitrogens with one attached hydrogen (secondary N) is 2. The minimum absolute atomic E-state index is 0.142. The first-order valence-corrected chi connectivity index (χ1v) is 13.4. The van der Waals surface area contributed by atoms with Gasteiger partial charge in [-0.2, -0.15) is 0 Å². The number of thiophene rings is 1. The summed E-state index contributed by atoms with van der Waals surface area (Å²) in [5.74, 6) is 1.00. The van der Waals surface area contributed by atoms with Crippen LogP contribution in [0.25, 0.3) is 11.3 Å². The molecule has 0 radical (unpaired) electrons. The molecule has 1 aliphatic rings. The van der Waals surface area contributed by atoms with Crippen LogP contribution in [0.15, 0.2) is 76.4 Å². The second-order valence-corrected chi connectivity index (χ2v) is 11.1. The van der Waals surface area contributed by atoms with Gasteiger partial charge in [-0.05, 0) is 54.1 Å². The Kier molecular flexibility index (Phi) is 6.21. The van der Waals surface area contributed by atoms with Gasteiger partial charge in [0, 0.05) is 36.1 Å². The lowest BCUT2D eigenvalue weighted by molar-refractivity contribution is -0.115. The van der Waals surface area contributed by atoms with Gasteiger partial charge in [-0.3, -0.25) is 9.52 Å². The molecule has 1 aliphatic heterocycles. The molecule has 5 rings (SSSR count). The molecule has 1 amide bonds. The van der Waals surface area contributed by atoms with Crippen molar-refractivity contribution in [2.45, 2.75) is 36.4 Å². The highest BCUT2D eigenvalue weighted by molar-refractivity contribution is 7.94. The predicted molar refractivity (Wildman–Crippen MR) is 135 cm³/mol. The van der Waals surface area contributed by atoms with Crippen LogP contribution >= 0.6 is 11.3 Å². The van der Waals surface area contributed by atoms with Crippen LogP contribution in [0.3, 0.4) is 0 Å². The first-order valence-electron chi connectivity index (χ1n) is 11.1. The number of hydrogen-bond acceptors (Lipinski definition) is 5. The van der Waals surface area contributed by atoms with E-state index in [-0.39, 0.29) is 16.5 Å². The molecular weight excluding hydrogens is 468 g/mol. The Morgan fingerprint density at radius 2 is 1.76 bits per heavy atom. The van der Waals surface area contributed by atoms with Crippen molar-refractivity contribution in [1.82, 2.24) is 9.55 Å². The number of fused-ring (bicyclic) bond motifs is 1. The second kappa shape index (κ2) is 9.44. The normalized spacial score (nSPS) is 13.3. The van der Waals surface area contributed by atoms with Crippen LogP contribution in [0, 0.1) is 0 Å². The quantitative estimate of drug-likeness (QED) is 0.383. The van der Waals surface area contributed by atoms with E-state index in [1.807, 2.05) is 24.3 Å². The summed E-state index contributed by atoms with van der Waals surface area (Å²) in [5, 5.41) is 4.63. The molecule has 7 nitrogen and oxygen atoms in total. The van der Waals surface area contributed by atoms with Gasteiger partial charge in [0.2, 0.25) is 5.91 Å². The fraction of sp³-hybridized carbons (Fsp3) is 0.200. The monoisotopic (exact) mass is 492 g/mol. The largest absolute Gasteiger partial charge is 0.334 e. The lowest BCUT2D eigenvalue weighted by Crippen LogP contribution is -2.14. The number of carbonyl (C=O) groups excluding carboxylic acids is 1. The Labute approximate surface area is 202 Å². The molecule has 0 fully saturated rings. The third-order valence-electron chi connectivity index (χ3n) is 5.70. The number of hydrogen-bond donors (Lipinski definition) is 2. The van der Waals surface area contributed by atoms with Crippen LogP contribution in [-0.4, -0.2) is 23.9 Å². The SMILES string of the molecule is O=C(Cc1ccc(NS(=O)(=O)c2cccs2)cc1)Nc1ccc(-c2cn3c(n2)CCCC3)cc1. The summed E-state index contributed by atoms with van der Waals surface area (Å²) in [4.78, 5) is 17.2. The molecule has 2 N–H and O–H groups in total. The molecule has 0 saturated heterocycles. The molecule has 0 spiro atoms. The maximum Gasteiger partial charge on any atom is 0.271 e. The number of sulfonamides is 1. The lowest BCUT2D eigenvalue weighted by atomic mass is 10.1. The van der Waals surface area contributed by atoms with Crippen molar-refractivity contribution in [3.63, 3.8) is 0 Å². The Hall–Kier alpha value is -3.43. The van der Waals surface area contributed by atoms with Gasteiger partial charge >= 0.3 is 0 Å². The maximum atomic E-state index is 12.5. The highest BCUT2D eigenvalue weighted by atomic mass is 32.2. The number of nitrogens with zero attached hydrogens (tertiary/aromatic N) is 2. The Balaban J connectivity index is 1.18. The summed E-state index contributed by atoms with van der Waals surface area (Å²) < 4.78 is 29.7. The Bertz CT molecular complexity index is 1370. The van der Waals surface area contributed by atoms with E-state index >= 15 is 0 Å². The van der Waals surface area contributed by atoms with E-state index in [9.17, 15) is 13.2 Å². The molecule has 0 bridgehead atoms. The fourth-order valence-corrected chi connectivity index (χ4v) is 6.03. The van der Waals surface area contributed by atoms with E-state index in [0.717, 1.165) is 52.6 Å². The van der Waals surface area contributed by atoms with Gasteiger partial charge in [-0.25, -0.2) is 13.4 Å². The van der Waals surface area contributed by atoms with Crippen molar-refractivity contribution in [2.75, 3.05) is 10.0 Å². The van der Waals surface area contributed by atoms with Crippen molar-refractivity contribution in [2.24, 2.45) is 0 Å². The summed E-state index contributed by atoms with van der Waals surface area (Å²) in [7, 11) is -3.59. The first-order chi connectivity index (χ1) is 16.5. The number of imidazole rings is 1. The predicted octanol–water partition coefficient (Wildman–Crippen LogP) is 4.93. The summed E-state index contributed by atoms with van der Waals surface area (Å²) in [6.45, 7) is 1.03. The fourth-order valence-electron chi connectivity index (χ4n) is 3.98. The summed E-state index contributed by atoms with van der Waals surface area (Å²) in [5.41, 5.74) is 3.95. The van der Waals surface area contributed by atoms with E-state index in [2.05, 4.69) is 20.8 Å². The van der Waals surface area contributed by atoms with Crippen molar-refractivity contribution >= 4 is 38.6 Å². The van der Waals surface area contributed by atoms with Crippen LogP contribution in [0.2, 0.25) is 0 Å². The molecule has 9 heteroatoms. The van der Waals surface area contributed by atoms with Gasteiger partial charge in [0.05, 0.1) is 12.1 Å². The second-order valence-electron chi connectivity index (χ2n) is 8.23. The number of aromatic nitrogens is 2. The van der Waals surface area contributed by atoms with Crippen LogP contribution in [0.1, 0.15) is 24.2 Å². The van der Waals surface area contributed by atoms with Crippen LogP contribution in [0.5, 0.6) is 0 Å². The third kappa shape index (κ3) is 5.05. The number of carbonyl (C=O) groups is 1. The molecule has 0 aliphatic carbocycles. The van der Waals surface area contributed by atoms with Crippen LogP contribution < -0.4 is 10.0 Å². The van der Waals surface area contributed by atoms with Gasteiger partial charge in [0.15, 0.2) is 0 Å². The molecule has 2 aromatic heterocycles. The molecule has 0 saturated carbocycles. The van der Waals surface area contributed by atoms with E-state index in [1.54, 1.807) is 41.8 Å². The maximum absolute atomic E-state index is 12.5. The highest BCUT2D eigenvalue weighted by Gasteiger charge is 2.16. The minimum Gasteiger partial charge on any atom is -0.334 e. The number of benzene rings is 2. The minimum atomic E-state index is -3.59. The van der Waals surface area contributed by atoms with Gasteiger partial charge in [-0.15, -0.1) is 11.3 Å². The summed E-state index contributed by atoms with van der Waals surface area (Å²) >= 11 is 1.16. The average Bonchev–Trinajstić information content (AvgIpc) is 3.51. The number of rotatable bonds is 7. The number of amides is 1. The highest BCUT2D eigenvalue weighted by Crippen LogP contribution is 2.24. The summed E-state index contributed by atoms with van der Waals surface area (Å²) in [6.07, 6.45) is 5.70. The third-order valence-corrected chi connectivity index (χ3v) is 8.48. The first kappa shape index (κ1) is 22.4. The Morgan fingerprint density at radius 1 is 1.00 bits per heavy atom. The lowest BCUT2D eigenvalue weighted by Gasteiger charge is -2.11. The smallest absolute Gasteiger partial charge is 0.271 e. The Morgan fingerprint density at radius 3 is 2.47 bits per heavy atom. The van der Waals surface area contributed by atoms with Crippen molar-refractivity contribution < 1.29 is 13.2 Å². The standard InChI is InChI=1S/C25H24N4O3S2/c30-24(16-18-6-10-21(11-7-18)28-34(31,32)25-5-3-15-33-25)26-20-12-8-19(9-13-20)22-17-29-14-2-1-4-23(29)27-22/h3,5-13,15,17,28H,1-2,4,14,16H2,(H,26,30). The van der Waals surface area contributed by atoms with Gasteiger partial charge < -0.3 is 9.88 Å². The van der Waals surface area contributed by atoms with Gasteiger partial charge in [0.25, 0.3) is 10.0 Å². The van der Waals surface area contributed by atoms with E-state index in [0.29, 0.717) is 5.69 Å². The molecule has 0 unspecified atom stereocenters. The molecule has 2 aromatic carbocycles. The summed E-state index contributed by atoms with van der Waals surface area (Å²) in [6, 6.07) is 17.8. The average molecular weight is 493 g/mol. The zero-order valence-electron chi connectivity index (χ0n) is 18.4. The molecule has 174 valence electrons. The molecule has 3 heterocycles. The molecular formula is C25H24N4O3S2. The van der Waals surface area contributed by atoms with E-state index < -0.39 is 10.0 Å². The molecule has 4 aromatic rings. The number of aryl methyl sites for hydroxylation is 2. The van der Waals surface area contributed by atoms with Gasteiger partial charge in [0.1, 0.15) is 10.0 Å². The zero-order chi connectivity index (χ0) is 23.5. The zero-order valence-corrected chi connectivity index (χ0v) is 20.0. The van der Waals surface area contributed by atoms with Crippen molar-refractivity contribution in [1.29, 1.82) is 0 Å². The topological polar surface area (TPSA) is 93.1 Å². The van der Waals surface area contributed by atoms with Crippen LogP contribution in [-0.2, 0) is 34.2 Å². The molecule has 0 atom stereocenters. The van der Waals surface area contributed by atoms with Crippen LogP contribution in [0.4, 0.5) is 11.4 Å².